The van der Waals surface area contributed by atoms with Gasteiger partial charge >= 0.3 is 6.09 Å². The number of carboxylic acid groups (broad SMARTS) is 1. The lowest BCUT2D eigenvalue weighted by molar-refractivity contribution is 0.102. The quantitative estimate of drug-likeness (QED) is 0.643. The summed E-state index contributed by atoms with van der Waals surface area (Å²) in [4.78, 5) is 27.3. The maximum Gasteiger partial charge on any atom is 0.410 e. The molecule has 134 valence electrons. The second-order valence-corrected chi connectivity index (χ2v) is 6.46. The van der Waals surface area contributed by atoms with E-state index in [1.807, 2.05) is 24.3 Å². The van der Waals surface area contributed by atoms with E-state index in [2.05, 4.69) is 15.4 Å². The van der Waals surface area contributed by atoms with Crippen molar-refractivity contribution in [3.8, 4) is 17.0 Å². The largest absolute Gasteiger partial charge is 0.497 e. The predicted octanol–water partition coefficient (Wildman–Crippen LogP) is 3.36. The van der Waals surface area contributed by atoms with E-state index in [0.29, 0.717) is 22.7 Å². The number of nitrogens with zero attached hydrogens (tertiary/aromatic N) is 3. The van der Waals surface area contributed by atoms with Gasteiger partial charge in [0.25, 0.3) is 0 Å². The number of anilines is 1. The van der Waals surface area contributed by atoms with Gasteiger partial charge in [0, 0.05) is 18.7 Å². The molecular weight excluding hydrogens is 356 g/mol. The molecule has 1 amide bonds. The lowest BCUT2D eigenvalue weighted by Gasteiger charge is -2.03. The maximum absolute atomic E-state index is 11.9. The number of aromatic nitrogens is 3. The monoisotopic (exact) mass is 372 g/mol. The number of carbonyl (C=O) groups excluding carboxylic acids is 1. The molecule has 8 nitrogen and oxygen atoms in total. The molecule has 2 heterocycles. The minimum Gasteiger partial charge on any atom is -0.497 e. The van der Waals surface area contributed by atoms with Crippen LogP contribution in [0.25, 0.3) is 11.3 Å². The van der Waals surface area contributed by atoms with Crippen LogP contribution in [0.3, 0.4) is 0 Å². The Labute approximate surface area is 153 Å². The molecule has 9 heteroatoms. The molecule has 1 aromatic carbocycles. The van der Waals surface area contributed by atoms with Crippen LogP contribution in [0.4, 0.5) is 9.93 Å². The Hall–Kier alpha value is -3.20. The van der Waals surface area contributed by atoms with Gasteiger partial charge in [-0.2, -0.15) is 5.10 Å². The maximum atomic E-state index is 11.9. The molecule has 0 saturated heterocycles. The number of carbonyl (C=O) groups is 2. The Bertz CT molecular complexity index is 946. The van der Waals surface area contributed by atoms with Gasteiger partial charge in [0.2, 0.25) is 0 Å². The third-order valence-electron chi connectivity index (χ3n) is 3.57. The number of ketones is 1. The summed E-state index contributed by atoms with van der Waals surface area (Å²) in [6, 6.07) is 7.63. The van der Waals surface area contributed by atoms with Crippen molar-refractivity contribution in [3.05, 3.63) is 47.1 Å². The minimum atomic E-state index is -1.23. The number of nitrogens with one attached hydrogen (secondary N) is 1. The van der Waals surface area contributed by atoms with Gasteiger partial charge in [0.1, 0.15) is 5.75 Å². The molecular formula is C17H16N4O4S. The molecule has 26 heavy (non-hydrogen) atoms. The molecule has 0 unspecified atom stereocenters. The van der Waals surface area contributed by atoms with Gasteiger partial charge in [-0.05, 0) is 17.7 Å². The summed E-state index contributed by atoms with van der Waals surface area (Å²) in [5, 5.41) is 15.5. The first kappa shape index (κ1) is 17.6. The normalized spacial score (nSPS) is 10.5. The van der Waals surface area contributed by atoms with Gasteiger partial charge in [-0.1, -0.05) is 23.5 Å². The van der Waals surface area contributed by atoms with Gasteiger partial charge < -0.3 is 9.84 Å². The zero-order valence-electron chi connectivity index (χ0n) is 14.1. The standard InChI is InChI=1S/C17H16N4O4S/c1-10(22)15-14(19-16(26-15)20-17(23)24)12-7-18-21(9-12)8-11-3-5-13(25-2)6-4-11/h3-7,9H,8H2,1-2H3,(H,19,20)(H,23,24). The van der Waals surface area contributed by atoms with Crippen molar-refractivity contribution in [3.63, 3.8) is 0 Å². The number of hydrogen-bond acceptors (Lipinski definition) is 6. The number of benzene rings is 1. The smallest absolute Gasteiger partial charge is 0.410 e. The number of hydrogen-bond donors (Lipinski definition) is 2. The molecule has 0 atom stereocenters. The van der Waals surface area contributed by atoms with E-state index in [-0.39, 0.29) is 10.9 Å². The van der Waals surface area contributed by atoms with Gasteiger partial charge in [-0.3, -0.25) is 14.8 Å². The molecule has 3 rings (SSSR count). The predicted molar refractivity (Wildman–Crippen MR) is 97.1 cm³/mol. The van der Waals surface area contributed by atoms with Crippen LogP contribution in [-0.2, 0) is 6.54 Å². The highest BCUT2D eigenvalue weighted by Gasteiger charge is 2.19. The van der Waals surface area contributed by atoms with E-state index in [4.69, 9.17) is 9.84 Å². The molecule has 0 aliphatic rings. The van der Waals surface area contributed by atoms with Crippen molar-refractivity contribution in [2.75, 3.05) is 12.4 Å². The first-order chi connectivity index (χ1) is 12.5. The van der Waals surface area contributed by atoms with Crippen molar-refractivity contribution in [1.29, 1.82) is 0 Å². The average Bonchev–Trinajstić information content (AvgIpc) is 3.22. The van der Waals surface area contributed by atoms with Crippen LogP contribution in [0.2, 0.25) is 0 Å². The van der Waals surface area contributed by atoms with E-state index in [0.717, 1.165) is 22.6 Å². The highest BCUT2D eigenvalue weighted by Crippen LogP contribution is 2.31. The molecule has 0 aliphatic heterocycles. The Kier molecular flexibility index (Phi) is 4.99. The number of ether oxygens (including phenoxy) is 1. The average molecular weight is 372 g/mol. The van der Waals surface area contributed by atoms with Crippen LogP contribution in [0.15, 0.2) is 36.7 Å². The molecule has 0 radical (unpaired) electrons. The van der Waals surface area contributed by atoms with Crippen LogP contribution < -0.4 is 10.1 Å². The molecule has 0 fully saturated rings. The number of rotatable bonds is 6. The summed E-state index contributed by atoms with van der Waals surface area (Å²) < 4.78 is 6.86. The third kappa shape index (κ3) is 3.89. The summed E-state index contributed by atoms with van der Waals surface area (Å²) in [7, 11) is 1.61. The Morgan fingerprint density at radius 1 is 1.31 bits per heavy atom. The minimum absolute atomic E-state index is 0.153. The molecule has 0 aliphatic carbocycles. The lowest BCUT2D eigenvalue weighted by Crippen LogP contribution is -2.06. The summed E-state index contributed by atoms with van der Waals surface area (Å²) >= 11 is 1.00. The molecule has 2 aromatic heterocycles. The third-order valence-corrected chi connectivity index (χ3v) is 4.64. The highest BCUT2D eigenvalue weighted by molar-refractivity contribution is 7.18. The Morgan fingerprint density at radius 2 is 2.04 bits per heavy atom. The first-order valence-electron chi connectivity index (χ1n) is 7.63. The summed E-state index contributed by atoms with van der Waals surface area (Å²) in [5.41, 5.74) is 2.12. The first-order valence-corrected chi connectivity index (χ1v) is 8.45. The topological polar surface area (TPSA) is 106 Å². The van der Waals surface area contributed by atoms with Crippen molar-refractivity contribution >= 4 is 28.3 Å². The van der Waals surface area contributed by atoms with Crippen molar-refractivity contribution in [1.82, 2.24) is 14.8 Å². The number of methoxy groups -OCH3 is 1. The van der Waals surface area contributed by atoms with Gasteiger partial charge in [0.05, 0.1) is 30.4 Å². The van der Waals surface area contributed by atoms with Crippen LogP contribution >= 0.6 is 11.3 Å². The van der Waals surface area contributed by atoms with Crippen LogP contribution in [-0.4, -0.2) is 38.9 Å². The molecule has 0 spiro atoms. The van der Waals surface area contributed by atoms with E-state index >= 15 is 0 Å². The number of thiazole rings is 1. The molecule has 0 bridgehead atoms. The lowest BCUT2D eigenvalue weighted by atomic mass is 10.2. The van der Waals surface area contributed by atoms with Crippen molar-refractivity contribution < 1.29 is 19.4 Å². The fraction of sp³-hybridized carbons (Fsp3) is 0.176. The van der Waals surface area contributed by atoms with Crippen molar-refractivity contribution in [2.24, 2.45) is 0 Å². The van der Waals surface area contributed by atoms with Gasteiger partial charge in [0.15, 0.2) is 10.9 Å². The van der Waals surface area contributed by atoms with Crippen molar-refractivity contribution in [2.45, 2.75) is 13.5 Å². The zero-order chi connectivity index (χ0) is 18.7. The second-order valence-electron chi connectivity index (χ2n) is 5.46. The van der Waals surface area contributed by atoms with E-state index < -0.39 is 6.09 Å². The van der Waals surface area contributed by atoms with Crippen LogP contribution in [0, 0.1) is 0 Å². The second kappa shape index (κ2) is 7.36. The van der Waals surface area contributed by atoms with Gasteiger partial charge in [-0.15, -0.1) is 0 Å². The fourth-order valence-electron chi connectivity index (χ4n) is 2.39. The summed E-state index contributed by atoms with van der Waals surface area (Å²) in [5.74, 6) is 0.598. The SMILES string of the molecule is COc1ccc(Cn2cc(-c3nc(NC(=O)O)sc3C(C)=O)cn2)cc1. The van der Waals surface area contributed by atoms with Crippen LogP contribution in [0.5, 0.6) is 5.75 Å². The van der Waals surface area contributed by atoms with E-state index in [1.165, 1.54) is 6.92 Å². The number of Topliss-reactive ketones (excluding diaryl/α,β-unsaturated/α-hetero) is 1. The Morgan fingerprint density at radius 3 is 2.65 bits per heavy atom. The molecule has 2 N–H and O–H groups in total. The van der Waals surface area contributed by atoms with Crippen LogP contribution in [0.1, 0.15) is 22.2 Å². The van der Waals surface area contributed by atoms with E-state index in [9.17, 15) is 9.59 Å². The summed E-state index contributed by atoms with van der Waals surface area (Å²) in [6.45, 7) is 1.97. The molecule has 0 saturated carbocycles. The van der Waals surface area contributed by atoms with E-state index in [1.54, 1.807) is 24.2 Å². The summed E-state index contributed by atoms with van der Waals surface area (Å²) in [6.07, 6.45) is 2.15. The van der Waals surface area contributed by atoms with Gasteiger partial charge in [-0.25, -0.2) is 9.78 Å². The highest BCUT2D eigenvalue weighted by atomic mass is 32.1. The molecule has 3 aromatic rings. The zero-order valence-corrected chi connectivity index (χ0v) is 14.9. The number of amides is 1. The fourth-order valence-corrected chi connectivity index (χ4v) is 3.26. The Balaban J connectivity index is 1.85.